The van der Waals surface area contributed by atoms with E-state index >= 15 is 0 Å². The van der Waals surface area contributed by atoms with E-state index in [0.29, 0.717) is 19.4 Å². The maximum Gasteiger partial charge on any atom is 0.251 e. The van der Waals surface area contributed by atoms with Crippen molar-refractivity contribution in [1.29, 1.82) is 0 Å². The SMILES string of the molecule is NC(=O)COC1CC2C(=O)N3CCC(NC(=O)c4ccc(F)c(Cl)c4)C3C(=O)N2C1. The van der Waals surface area contributed by atoms with Crippen LogP contribution in [0.5, 0.6) is 0 Å². The summed E-state index contributed by atoms with van der Waals surface area (Å²) < 4.78 is 18.7. The Hall–Kier alpha value is -2.72. The summed E-state index contributed by atoms with van der Waals surface area (Å²) in [6.45, 7) is 0.238. The number of primary amides is 1. The summed E-state index contributed by atoms with van der Waals surface area (Å²) in [5, 5.41) is 2.59. The highest BCUT2D eigenvalue weighted by Gasteiger charge is 2.55. The van der Waals surface area contributed by atoms with E-state index in [9.17, 15) is 23.6 Å². The van der Waals surface area contributed by atoms with Crippen molar-refractivity contribution in [2.75, 3.05) is 19.7 Å². The predicted octanol–water partition coefficient (Wildman–Crippen LogP) is -0.337. The number of hydrogen-bond donors (Lipinski definition) is 2. The first-order valence-electron chi connectivity index (χ1n) is 9.53. The van der Waals surface area contributed by atoms with Gasteiger partial charge in [-0.05, 0) is 24.6 Å². The molecule has 1 aromatic rings. The number of piperazine rings is 1. The van der Waals surface area contributed by atoms with Crippen LogP contribution < -0.4 is 11.1 Å². The molecule has 4 atom stereocenters. The molecule has 3 aliphatic rings. The average molecular weight is 439 g/mol. The predicted molar refractivity (Wildman–Crippen MR) is 102 cm³/mol. The molecule has 9 nitrogen and oxygen atoms in total. The highest BCUT2D eigenvalue weighted by atomic mass is 35.5. The fourth-order valence-corrected chi connectivity index (χ4v) is 4.52. The first-order chi connectivity index (χ1) is 14.3. The molecule has 0 spiro atoms. The van der Waals surface area contributed by atoms with E-state index in [1.54, 1.807) is 0 Å². The molecule has 4 amide bonds. The third-order valence-corrected chi connectivity index (χ3v) is 6.01. The number of carbonyl (C=O) groups is 4. The molecular formula is C19H20ClFN4O5. The van der Waals surface area contributed by atoms with Gasteiger partial charge in [0.25, 0.3) is 5.91 Å². The van der Waals surface area contributed by atoms with Gasteiger partial charge in [0, 0.05) is 25.1 Å². The van der Waals surface area contributed by atoms with Gasteiger partial charge >= 0.3 is 0 Å². The minimum Gasteiger partial charge on any atom is -0.368 e. The number of fused-ring (bicyclic) bond motifs is 2. The van der Waals surface area contributed by atoms with Crippen LogP contribution in [0.25, 0.3) is 0 Å². The van der Waals surface area contributed by atoms with Gasteiger partial charge in [0.05, 0.1) is 17.2 Å². The quantitative estimate of drug-likeness (QED) is 0.651. The average Bonchev–Trinajstić information content (AvgIpc) is 3.32. The van der Waals surface area contributed by atoms with E-state index in [0.717, 1.165) is 6.07 Å². The lowest BCUT2D eigenvalue weighted by atomic mass is 10.0. The van der Waals surface area contributed by atoms with Crippen LogP contribution in [0.1, 0.15) is 23.2 Å². The van der Waals surface area contributed by atoms with E-state index in [1.165, 1.54) is 21.9 Å². The molecule has 30 heavy (non-hydrogen) atoms. The molecule has 0 saturated carbocycles. The van der Waals surface area contributed by atoms with Crippen LogP contribution in [0.2, 0.25) is 5.02 Å². The Morgan fingerprint density at radius 3 is 2.73 bits per heavy atom. The van der Waals surface area contributed by atoms with Crippen molar-refractivity contribution < 1.29 is 28.3 Å². The summed E-state index contributed by atoms with van der Waals surface area (Å²) in [6, 6.07) is 1.57. The molecule has 3 fully saturated rings. The number of hydrogen-bond acceptors (Lipinski definition) is 5. The van der Waals surface area contributed by atoms with Gasteiger partial charge < -0.3 is 25.6 Å². The Morgan fingerprint density at radius 1 is 1.27 bits per heavy atom. The van der Waals surface area contributed by atoms with Gasteiger partial charge in [-0.1, -0.05) is 11.6 Å². The summed E-state index contributed by atoms with van der Waals surface area (Å²) in [4.78, 5) is 52.5. The summed E-state index contributed by atoms with van der Waals surface area (Å²) >= 11 is 5.74. The van der Waals surface area contributed by atoms with Gasteiger partial charge in [0.1, 0.15) is 24.5 Å². The Balaban J connectivity index is 1.47. The van der Waals surface area contributed by atoms with E-state index in [1.807, 2.05) is 0 Å². The number of rotatable bonds is 5. The summed E-state index contributed by atoms with van der Waals surface area (Å²) in [6.07, 6.45) is 0.266. The third-order valence-electron chi connectivity index (χ3n) is 5.72. The minimum atomic E-state index is -0.816. The molecule has 4 rings (SSSR count). The molecule has 0 aromatic heterocycles. The molecule has 1 aromatic carbocycles. The Bertz CT molecular complexity index is 928. The molecule has 4 unspecified atom stereocenters. The van der Waals surface area contributed by atoms with Crippen LogP contribution in [-0.4, -0.2) is 77.4 Å². The van der Waals surface area contributed by atoms with Crippen molar-refractivity contribution in [1.82, 2.24) is 15.1 Å². The van der Waals surface area contributed by atoms with E-state index in [2.05, 4.69) is 5.32 Å². The summed E-state index contributed by atoms with van der Waals surface area (Å²) in [5.41, 5.74) is 5.25. The Morgan fingerprint density at radius 2 is 2.03 bits per heavy atom. The van der Waals surface area contributed by atoms with Crippen molar-refractivity contribution in [2.45, 2.75) is 37.1 Å². The van der Waals surface area contributed by atoms with Gasteiger partial charge in [-0.2, -0.15) is 0 Å². The number of benzene rings is 1. The van der Waals surface area contributed by atoms with Crippen molar-refractivity contribution in [2.24, 2.45) is 5.73 Å². The molecule has 3 aliphatic heterocycles. The van der Waals surface area contributed by atoms with E-state index in [-0.39, 0.29) is 35.6 Å². The van der Waals surface area contributed by atoms with Gasteiger partial charge in [-0.15, -0.1) is 0 Å². The van der Waals surface area contributed by atoms with Crippen molar-refractivity contribution >= 4 is 35.2 Å². The van der Waals surface area contributed by atoms with E-state index < -0.39 is 41.9 Å². The van der Waals surface area contributed by atoms with Crippen LogP contribution in [-0.2, 0) is 19.1 Å². The van der Waals surface area contributed by atoms with Gasteiger partial charge in [0.15, 0.2) is 0 Å². The number of carbonyl (C=O) groups excluding carboxylic acids is 4. The topological polar surface area (TPSA) is 122 Å². The van der Waals surface area contributed by atoms with Gasteiger partial charge in [0.2, 0.25) is 17.7 Å². The molecular weight excluding hydrogens is 419 g/mol. The molecule has 3 saturated heterocycles. The second-order valence-corrected chi connectivity index (χ2v) is 8.02. The second-order valence-electron chi connectivity index (χ2n) is 7.62. The van der Waals surface area contributed by atoms with Crippen LogP contribution in [0.4, 0.5) is 4.39 Å². The Kier molecular flexibility index (Phi) is 5.37. The standard InChI is InChI=1S/C19H20ClFN4O5/c20-11-5-9(1-2-12(11)21)17(27)23-13-3-4-24-16(13)19(29)25-7-10(30-8-15(22)26)6-14(25)18(24)28/h1-2,5,10,13-14,16H,3-4,6-8H2,(H2,22,26)(H,23,27). The van der Waals surface area contributed by atoms with E-state index in [4.69, 9.17) is 22.1 Å². The molecule has 0 radical (unpaired) electrons. The lowest BCUT2D eigenvalue weighted by Gasteiger charge is -2.40. The van der Waals surface area contributed by atoms with Crippen molar-refractivity contribution in [3.8, 4) is 0 Å². The van der Waals surface area contributed by atoms with Crippen LogP contribution in [0, 0.1) is 5.82 Å². The number of nitrogens with one attached hydrogen (secondary N) is 1. The Labute approximate surface area is 176 Å². The molecule has 0 aliphatic carbocycles. The van der Waals surface area contributed by atoms with Gasteiger partial charge in [-0.25, -0.2) is 4.39 Å². The molecule has 160 valence electrons. The maximum atomic E-state index is 13.3. The van der Waals surface area contributed by atoms with Crippen LogP contribution in [0.3, 0.4) is 0 Å². The monoisotopic (exact) mass is 438 g/mol. The summed E-state index contributed by atoms with van der Waals surface area (Å²) in [7, 11) is 0. The second kappa shape index (κ2) is 7.84. The minimum absolute atomic E-state index is 0.161. The molecule has 11 heteroatoms. The zero-order valence-corrected chi connectivity index (χ0v) is 16.6. The fraction of sp³-hybridized carbons (Fsp3) is 0.474. The van der Waals surface area contributed by atoms with Crippen LogP contribution >= 0.6 is 11.6 Å². The molecule has 0 bridgehead atoms. The lowest BCUT2D eigenvalue weighted by Crippen LogP contribution is -2.64. The van der Waals surface area contributed by atoms with Crippen LogP contribution in [0.15, 0.2) is 18.2 Å². The third kappa shape index (κ3) is 3.61. The number of amides is 4. The smallest absolute Gasteiger partial charge is 0.251 e. The number of halogens is 2. The maximum absolute atomic E-state index is 13.3. The van der Waals surface area contributed by atoms with Gasteiger partial charge in [-0.3, -0.25) is 19.2 Å². The number of nitrogens with zero attached hydrogens (tertiary/aromatic N) is 2. The molecule has 3 N–H and O–H groups in total. The first kappa shape index (κ1) is 20.5. The van der Waals surface area contributed by atoms with Crippen molar-refractivity contribution in [3.05, 3.63) is 34.6 Å². The number of nitrogens with two attached hydrogens (primary N) is 1. The highest BCUT2D eigenvalue weighted by molar-refractivity contribution is 6.31. The first-order valence-corrected chi connectivity index (χ1v) is 9.91. The zero-order valence-electron chi connectivity index (χ0n) is 15.8. The normalized spacial score (nSPS) is 27.8. The molecule has 3 heterocycles. The summed E-state index contributed by atoms with van der Waals surface area (Å²) in [5.74, 6) is -2.24. The highest BCUT2D eigenvalue weighted by Crippen LogP contribution is 2.33. The largest absolute Gasteiger partial charge is 0.368 e. The zero-order chi connectivity index (χ0) is 21.6. The van der Waals surface area contributed by atoms with Crippen molar-refractivity contribution in [3.63, 3.8) is 0 Å². The fourth-order valence-electron chi connectivity index (χ4n) is 4.34. The number of ether oxygens (including phenoxy) is 1. The lowest BCUT2D eigenvalue weighted by molar-refractivity contribution is -0.157.